The molecule has 0 N–H and O–H groups in total. The molecule has 0 spiro atoms. The monoisotopic (exact) mass is 207 g/mol. The lowest BCUT2D eigenvalue weighted by molar-refractivity contribution is 0.289. The van der Waals surface area contributed by atoms with Gasteiger partial charge in [0, 0.05) is 6.42 Å². The van der Waals surface area contributed by atoms with Gasteiger partial charge in [-0.3, -0.25) is 0 Å². The van der Waals surface area contributed by atoms with Crippen LogP contribution in [-0.2, 0) is 0 Å². The Kier molecular flexibility index (Phi) is 6.32. The van der Waals surface area contributed by atoms with Crippen LogP contribution in [0.3, 0.4) is 0 Å². The molecule has 0 aromatic rings. The highest BCUT2D eigenvalue weighted by molar-refractivity contribution is 4.97. The molecule has 1 nitrogen and oxygen atoms in total. The van der Waals surface area contributed by atoms with Gasteiger partial charge < -0.3 is 0 Å². The zero-order chi connectivity index (χ0) is 11.9. The molecule has 0 saturated carbocycles. The van der Waals surface area contributed by atoms with Crippen molar-refractivity contribution in [2.75, 3.05) is 0 Å². The highest BCUT2D eigenvalue weighted by Crippen LogP contribution is 2.31. The molecular formula is C14H25N. The van der Waals surface area contributed by atoms with Crippen LogP contribution in [0.2, 0.25) is 0 Å². The molecule has 1 atom stereocenters. The Hall–Kier alpha value is -0.770. The first-order chi connectivity index (χ1) is 6.93. The highest BCUT2D eigenvalue weighted by atomic mass is 14.3. The van der Waals surface area contributed by atoms with Crippen LogP contribution in [0, 0.1) is 22.7 Å². The second kappa shape index (κ2) is 6.67. The van der Waals surface area contributed by atoms with Gasteiger partial charge in [-0.2, -0.15) is 5.26 Å². The first-order valence-electron chi connectivity index (χ1n) is 5.95. The third kappa shape index (κ3) is 6.33. The Balaban J connectivity index is 4.08. The Morgan fingerprint density at radius 1 is 1.40 bits per heavy atom. The normalized spacial score (nSPS) is 13.3. The fourth-order valence-corrected chi connectivity index (χ4v) is 1.62. The van der Waals surface area contributed by atoms with Crippen molar-refractivity contribution < 1.29 is 0 Å². The van der Waals surface area contributed by atoms with Gasteiger partial charge in [-0.1, -0.05) is 39.3 Å². The van der Waals surface area contributed by atoms with Crippen molar-refractivity contribution in [3.63, 3.8) is 0 Å². The van der Waals surface area contributed by atoms with Gasteiger partial charge in [0.1, 0.15) is 0 Å². The molecule has 0 aliphatic heterocycles. The van der Waals surface area contributed by atoms with E-state index in [2.05, 4.69) is 40.3 Å². The number of nitriles is 1. The largest absolute Gasteiger partial charge is 0.198 e. The lowest BCUT2D eigenvalue weighted by atomic mass is 9.80. The number of hydrogen-bond donors (Lipinski definition) is 0. The molecule has 1 heteroatoms. The summed E-state index contributed by atoms with van der Waals surface area (Å²) in [6.07, 6.45) is 5.26. The third-order valence-corrected chi connectivity index (χ3v) is 3.43. The Morgan fingerprint density at radius 2 is 2.00 bits per heavy atom. The number of hydrogen-bond acceptors (Lipinski definition) is 1. The van der Waals surface area contributed by atoms with Crippen molar-refractivity contribution in [1.82, 2.24) is 0 Å². The maximum Gasteiger partial charge on any atom is 0.0621 e. The van der Waals surface area contributed by atoms with Crippen molar-refractivity contribution in [3.8, 4) is 6.07 Å². The highest BCUT2D eigenvalue weighted by Gasteiger charge is 2.18. The van der Waals surface area contributed by atoms with Crippen LogP contribution in [-0.4, -0.2) is 0 Å². The van der Waals surface area contributed by atoms with Gasteiger partial charge >= 0.3 is 0 Å². The molecule has 0 rings (SSSR count). The minimum atomic E-state index is 0.431. The standard InChI is InChI=1S/C14H25N/c1-6-14(4,5)10-9-13(12(2)3)8-7-11-15/h13H,2,6-10H2,1,3-5H3. The minimum absolute atomic E-state index is 0.431. The van der Waals surface area contributed by atoms with Gasteiger partial charge in [0.25, 0.3) is 0 Å². The lowest BCUT2D eigenvalue weighted by Gasteiger charge is -2.25. The quantitative estimate of drug-likeness (QED) is 0.555. The first kappa shape index (κ1) is 14.2. The number of nitrogens with zero attached hydrogens (tertiary/aromatic N) is 1. The van der Waals surface area contributed by atoms with Gasteiger partial charge in [-0.15, -0.1) is 0 Å². The predicted octanol–water partition coefficient (Wildman–Crippen LogP) is 4.70. The van der Waals surface area contributed by atoms with Crippen molar-refractivity contribution in [3.05, 3.63) is 12.2 Å². The zero-order valence-corrected chi connectivity index (χ0v) is 10.8. The summed E-state index contributed by atoms with van der Waals surface area (Å²) in [7, 11) is 0. The van der Waals surface area contributed by atoms with E-state index in [1.54, 1.807) is 0 Å². The van der Waals surface area contributed by atoms with Crippen molar-refractivity contribution in [2.45, 2.75) is 59.8 Å². The molecule has 0 aromatic carbocycles. The first-order valence-corrected chi connectivity index (χ1v) is 5.95. The summed E-state index contributed by atoms with van der Waals surface area (Å²) in [5.74, 6) is 0.537. The van der Waals surface area contributed by atoms with E-state index in [1.165, 1.54) is 24.8 Å². The summed E-state index contributed by atoms with van der Waals surface area (Å²) >= 11 is 0. The Labute approximate surface area is 95.2 Å². The molecule has 1 unspecified atom stereocenters. The topological polar surface area (TPSA) is 23.8 Å². The van der Waals surface area contributed by atoms with E-state index >= 15 is 0 Å². The maximum atomic E-state index is 8.59. The fourth-order valence-electron chi connectivity index (χ4n) is 1.62. The molecule has 0 saturated heterocycles. The summed E-state index contributed by atoms with van der Waals surface area (Å²) in [6, 6.07) is 2.22. The molecule has 0 heterocycles. The van der Waals surface area contributed by atoms with Crippen LogP contribution in [0.5, 0.6) is 0 Å². The number of rotatable bonds is 7. The maximum absolute atomic E-state index is 8.59. The van der Waals surface area contributed by atoms with Crippen LogP contribution < -0.4 is 0 Å². The summed E-state index contributed by atoms with van der Waals surface area (Å²) in [5, 5.41) is 8.59. The second-order valence-corrected chi connectivity index (χ2v) is 5.30. The van der Waals surface area contributed by atoms with Gasteiger partial charge in [-0.05, 0) is 37.5 Å². The SMILES string of the molecule is C=C(C)C(CCC#N)CCC(C)(C)CC. The Bertz CT molecular complexity index is 232. The van der Waals surface area contributed by atoms with Crippen molar-refractivity contribution in [1.29, 1.82) is 5.26 Å². The number of allylic oxidation sites excluding steroid dienone is 1. The third-order valence-electron chi connectivity index (χ3n) is 3.43. The molecule has 86 valence electrons. The van der Waals surface area contributed by atoms with E-state index in [1.807, 2.05) is 0 Å². The molecule has 0 aliphatic rings. The molecule has 0 fully saturated rings. The van der Waals surface area contributed by atoms with Crippen LogP contribution in [0.1, 0.15) is 59.8 Å². The molecule has 15 heavy (non-hydrogen) atoms. The van der Waals surface area contributed by atoms with Gasteiger partial charge in [0.2, 0.25) is 0 Å². The van der Waals surface area contributed by atoms with E-state index in [0.717, 1.165) is 6.42 Å². The minimum Gasteiger partial charge on any atom is -0.198 e. The van der Waals surface area contributed by atoms with Crippen molar-refractivity contribution >= 4 is 0 Å². The molecule has 0 amide bonds. The second-order valence-electron chi connectivity index (χ2n) is 5.30. The predicted molar refractivity (Wildman–Crippen MR) is 66.5 cm³/mol. The summed E-state index contributed by atoms with van der Waals surface area (Å²) in [6.45, 7) is 13.0. The molecule has 0 bridgehead atoms. The van der Waals surface area contributed by atoms with Crippen LogP contribution in [0.15, 0.2) is 12.2 Å². The lowest BCUT2D eigenvalue weighted by Crippen LogP contribution is -2.13. The van der Waals surface area contributed by atoms with E-state index < -0.39 is 0 Å². The Morgan fingerprint density at radius 3 is 2.40 bits per heavy atom. The zero-order valence-electron chi connectivity index (χ0n) is 10.8. The van der Waals surface area contributed by atoms with E-state index in [-0.39, 0.29) is 0 Å². The summed E-state index contributed by atoms with van der Waals surface area (Å²) in [5.41, 5.74) is 1.66. The van der Waals surface area contributed by atoms with E-state index in [0.29, 0.717) is 17.8 Å². The fraction of sp³-hybridized carbons (Fsp3) is 0.786. The molecule has 0 aliphatic carbocycles. The average molecular weight is 207 g/mol. The van der Waals surface area contributed by atoms with E-state index in [4.69, 9.17) is 5.26 Å². The van der Waals surface area contributed by atoms with Gasteiger partial charge in [0.05, 0.1) is 6.07 Å². The summed E-state index contributed by atoms with van der Waals surface area (Å²) in [4.78, 5) is 0. The van der Waals surface area contributed by atoms with E-state index in [9.17, 15) is 0 Å². The molecule has 0 aromatic heterocycles. The smallest absolute Gasteiger partial charge is 0.0621 e. The van der Waals surface area contributed by atoms with Gasteiger partial charge in [0.15, 0.2) is 0 Å². The summed E-state index contributed by atoms with van der Waals surface area (Å²) < 4.78 is 0. The van der Waals surface area contributed by atoms with Crippen molar-refractivity contribution in [2.24, 2.45) is 11.3 Å². The van der Waals surface area contributed by atoms with Crippen LogP contribution in [0.4, 0.5) is 0 Å². The van der Waals surface area contributed by atoms with Gasteiger partial charge in [-0.25, -0.2) is 0 Å². The molecular weight excluding hydrogens is 182 g/mol. The molecule has 0 radical (unpaired) electrons. The van der Waals surface area contributed by atoms with Crippen LogP contribution in [0.25, 0.3) is 0 Å². The average Bonchev–Trinajstić information content (AvgIpc) is 2.17. The van der Waals surface area contributed by atoms with Crippen LogP contribution >= 0.6 is 0 Å².